The fourth-order valence-corrected chi connectivity index (χ4v) is 2.68. The summed E-state index contributed by atoms with van der Waals surface area (Å²) in [5, 5.41) is 6.69. The number of carbonyl (C=O) groups is 2. The lowest BCUT2D eigenvalue weighted by atomic mass is 10.3. The van der Waals surface area contributed by atoms with Gasteiger partial charge >= 0.3 is 0 Å². The van der Waals surface area contributed by atoms with Crippen molar-refractivity contribution in [2.24, 2.45) is 0 Å². The predicted octanol–water partition coefficient (Wildman–Crippen LogP) is 3.73. The van der Waals surface area contributed by atoms with Gasteiger partial charge in [-0.15, -0.1) is 0 Å². The largest absolute Gasteiger partial charge is 0.482 e. The Morgan fingerprint density at radius 3 is 2.29 bits per heavy atom. The van der Waals surface area contributed by atoms with Gasteiger partial charge in [-0.2, -0.15) is 0 Å². The molecule has 1 unspecified atom stereocenters. The van der Waals surface area contributed by atoms with Gasteiger partial charge in [0.15, 0.2) is 12.7 Å². The zero-order chi connectivity index (χ0) is 20.5. The molecule has 0 fully saturated rings. The van der Waals surface area contributed by atoms with Gasteiger partial charge in [0.25, 0.3) is 11.8 Å². The Morgan fingerprint density at radius 1 is 0.964 bits per heavy atom. The number of nitrogens with one attached hydrogen (secondary N) is 2. The van der Waals surface area contributed by atoms with Gasteiger partial charge in [0.05, 0.1) is 5.02 Å². The van der Waals surface area contributed by atoms with E-state index in [0.29, 0.717) is 26.6 Å². The summed E-state index contributed by atoms with van der Waals surface area (Å²) in [5.41, 5.74) is 0. The normalized spacial score (nSPS) is 11.4. The second-order valence-corrected chi connectivity index (χ2v) is 7.00. The second-order valence-electron chi connectivity index (χ2n) is 5.72. The topological polar surface area (TPSA) is 76.7 Å². The highest BCUT2D eigenvalue weighted by atomic mass is 35.5. The first-order chi connectivity index (χ1) is 13.3. The number of benzene rings is 2. The molecule has 1 atom stereocenters. The van der Waals surface area contributed by atoms with Crippen LogP contribution in [0.25, 0.3) is 0 Å². The highest BCUT2D eigenvalue weighted by molar-refractivity contribution is 6.35. The highest BCUT2D eigenvalue weighted by Crippen LogP contribution is 2.27. The number of carbonyl (C=O) groups excluding carboxylic acids is 2. The first-order valence-electron chi connectivity index (χ1n) is 8.39. The van der Waals surface area contributed by atoms with Crippen LogP contribution in [-0.2, 0) is 9.59 Å². The smallest absolute Gasteiger partial charge is 0.260 e. The maximum atomic E-state index is 12.0. The van der Waals surface area contributed by atoms with E-state index in [2.05, 4.69) is 10.6 Å². The number of halogens is 3. The Balaban J connectivity index is 1.63. The molecule has 0 saturated carbocycles. The van der Waals surface area contributed by atoms with Crippen LogP contribution in [-0.4, -0.2) is 37.6 Å². The number of hydrogen-bond donors (Lipinski definition) is 2. The standard InChI is InChI=1S/C19H19Cl3N2O4/c1-12(28-15-5-2-13(20)3-6-15)19(26)24-9-8-23-18(25)11-27-17-7-4-14(21)10-16(17)22/h2-7,10,12H,8-9,11H2,1H3,(H,23,25)(H,24,26). The molecule has 0 saturated heterocycles. The van der Waals surface area contributed by atoms with Crippen molar-refractivity contribution in [1.82, 2.24) is 10.6 Å². The SMILES string of the molecule is CC(Oc1ccc(Cl)cc1)C(=O)NCCNC(=O)COc1ccc(Cl)cc1Cl. The first kappa shape index (κ1) is 22.1. The Labute approximate surface area is 178 Å². The number of amides is 2. The van der Waals surface area contributed by atoms with Crippen LogP contribution >= 0.6 is 34.8 Å². The van der Waals surface area contributed by atoms with E-state index in [1.807, 2.05) is 0 Å². The van der Waals surface area contributed by atoms with Gasteiger partial charge < -0.3 is 20.1 Å². The quantitative estimate of drug-likeness (QED) is 0.577. The van der Waals surface area contributed by atoms with Gasteiger partial charge in [0, 0.05) is 23.1 Å². The van der Waals surface area contributed by atoms with Gasteiger partial charge in [0.2, 0.25) is 0 Å². The van der Waals surface area contributed by atoms with Gasteiger partial charge in [-0.05, 0) is 49.4 Å². The zero-order valence-corrected chi connectivity index (χ0v) is 17.3. The molecule has 2 amide bonds. The van der Waals surface area contributed by atoms with E-state index in [1.54, 1.807) is 43.3 Å². The van der Waals surface area contributed by atoms with Gasteiger partial charge in [0.1, 0.15) is 11.5 Å². The summed E-state index contributed by atoms with van der Waals surface area (Å²) in [6, 6.07) is 11.4. The van der Waals surface area contributed by atoms with Crippen LogP contribution in [0, 0.1) is 0 Å². The Kier molecular flexibility index (Phi) is 8.70. The molecule has 0 radical (unpaired) electrons. The third-order valence-corrected chi connectivity index (χ3v) is 4.28. The summed E-state index contributed by atoms with van der Waals surface area (Å²) < 4.78 is 10.8. The van der Waals surface area contributed by atoms with E-state index in [-0.39, 0.29) is 31.5 Å². The third-order valence-electron chi connectivity index (χ3n) is 3.49. The predicted molar refractivity (Wildman–Crippen MR) is 110 cm³/mol. The Hall–Kier alpha value is -2.15. The van der Waals surface area contributed by atoms with Crippen LogP contribution in [0.5, 0.6) is 11.5 Å². The molecule has 2 aromatic rings. The molecule has 9 heteroatoms. The van der Waals surface area contributed by atoms with Crippen LogP contribution in [0.15, 0.2) is 42.5 Å². The molecular formula is C19H19Cl3N2O4. The zero-order valence-electron chi connectivity index (χ0n) is 15.0. The minimum absolute atomic E-state index is 0.203. The van der Waals surface area contributed by atoms with Gasteiger partial charge in [-0.1, -0.05) is 34.8 Å². The molecular weight excluding hydrogens is 427 g/mol. The van der Waals surface area contributed by atoms with Crippen LogP contribution in [0.3, 0.4) is 0 Å². The minimum atomic E-state index is -0.688. The minimum Gasteiger partial charge on any atom is -0.482 e. The van der Waals surface area contributed by atoms with Crippen molar-refractivity contribution < 1.29 is 19.1 Å². The molecule has 6 nitrogen and oxygen atoms in total. The number of rotatable bonds is 9. The summed E-state index contributed by atoms with van der Waals surface area (Å²) >= 11 is 17.6. The van der Waals surface area contributed by atoms with Crippen molar-refractivity contribution >= 4 is 46.6 Å². The van der Waals surface area contributed by atoms with E-state index in [9.17, 15) is 9.59 Å². The lowest BCUT2D eigenvalue weighted by Gasteiger charge is -2.15. The summed E-state index contributed by atoms with van der Waals surface area (Å²) in [6.07, 6.45) is -0.688. The lowest BCUT2D eigenvalue weighted by Crippen LogP contribution is -2.41. The third kappa shape index (κ3) is 7.46. The van der Waals surface area contributed by atoms with Gasteiger partial charge in [-0.25, -0.2) is 0 Å². The molecule has 28 heavy (non-hydrogen) atoms. The maximum Gasteiger partial charge on any atom is 0.260 e. The van der Waals surface area contributed by atoms with Gasteiger partial charge in [-0.3, -0.25) is 9.59 Å². The summed E-state index contributed by atoms with van der Waals surface area (Å²) in [7, 11) is 0. The molecule has 150 valence electrons. The van der Waals surface area contributed by atoms with Crippen molar-refractivity contribution in [2.45, 2.75) is 13.0 Å². The summed E-state index contributed by atoms with van der Waals surface area (Å²) in [4.78, 5) is 23.8. The van der Waals surface area contributed by atoms with Crippen molar-refractivity contribution in [3.05, 3.63) is 57.5 Å². The molecule has 0 aliphatic rings. The van der Waals surface area contributed by atoms with E-state index < -0.39 is 6.10 Å². The molecule has 0 aliphatic carbocycles. The molecule has 0 spiro atoms. The second kappa shape index (κ2) is 11.0. The molecule has 0 aromatic heterocycles. The molecule has 0 heterocycles. The van der Waals surface area contributed by atoms with Crippen LogP contribution in [0.1, 0.15) is 6.92 Å². The van der Waals surface area contributed by atoms with E-state index in [4.69, 9.17) is 44.3 Å². The van der Waals surface area contributed by atoms with Crippen LogP contribution in [0.2, 0.25) is 15.1 Å². The van der Waals surface area contributed by atoms with Crippen molar-refractivity contribution in [3.8, 4) is 11.5 Å². The Bertz CT molecular complexity index is 815. The number of ether oxygens (including phenoxy) is 2. The van der Waals surface area contributed by atoms with E-state index in [1.165, 1.54) is 6.07 Å². The Morgan fingerprint density at radius 2 is 1.61 bits per heavy atom. The van der Waals surface area contributed by atoms with Crippen molar-refractivity contribution in [3.63, 3.8) is 0 Å². The molecule has 2 rings (SSSR count). The van der Waals surface area contributed by atoms with E-state index >= 15 is 0 Å². The maximum absolute atomic E-state index is 12.0. The fourth-order valence-electron chi connectivity index (χ4n) is 2.09. The van der Waals surface area contributed by atoms with Crippen LogP contribution < -0.4 is 20.1 Å². The lowest BCUT2D eigenvalue weighted by molar-refractivity contribution is -0.127. The van der Waals surface area contributed by atoms with E-state index in [0.717, 1.165) is 0 Å². The first-order valence-corrected chi connectivity index (χ1v) is 9.53. The molecule has 0 bridgehead atoms. The van der Waals surface area contributed by atoms with Crippen LogP contribution in [0.4, 0.5) is 0 Å². The van der Waals surface area contributed by atoms with Crippen molar-refractivity contribution in [2.75, 3.05) is 19.7 Å². The van der Waals surface area contributed by atoms with Crippen molar-refractivity contribution in [1.29, 1.82) is 0 Å². The summed E-state index contributed by atoms with van der Waals surface area (Å²) in [5.74, 6) is 0.264. The molecule has 2 aromatic carbocycles. The highest BCUT2D eigenvalue weighted by Gasteiger charge is 2.14. The monoisotopic (exact) mass is 444 g/mol. The molecule has 0 aliphatic heterocycles. The fraction of sp³-hybridized carbons (Fsp3) is 0.263. The summed E-state index contributed by atoms with van der Waals surface area (Å²) in [6.45, 7) is 1.92. The average Bonchev–Trinajstić information content (AvgIpc) is 2.66. The average molecular weight is 446 g/mol. The number of hydrogen-bond acceptors (Lipinski definition) is 4. The molecule has 2 N–H and O–H groups in total.